The van der Waals surface area contributed by atoms with Crippen LogP contribution in [0.2, 0.25) is 0 Å². The molecule has 3 aliphatic heterocycles. The van der Waals surface area contributed by atoms with E-state index in [0.29, 0.717) is 40.5 Å². The van der Waals surface area contributed by atoms with Crippen LogP contribution >= 0.6 is 11.3 Å². The van der Waals surface area contributed by atoms with Gasteiger partial charge in [-0.05, 0) is 75.9 Å². The maximum Gasteiger partial charge on any atom is 0.246 e. The highest BCUT2D eigenvalue weighted by molar-refractivity contribution is 7.16. The minimum atomic E-state index is -0.0525. The van der Waals surface area contributed by atoms with Crippen molar-refractivity contribution >= 4 is 33.2 Å². The molecule has 8 rings (SSSR count). The molecule has 11 nitrogen and oxygen atoms in total. The standard InChI is InChI=1S/C33H41N9O2S/c1-3-7-24-25(23(16-34)29(35)45-24)21-8-6-9-22-27(39-44-28(21)22)30-36-31-26-32(37-30)42(15-14-40-12-4-5-13-40)38-33(26)43-18-20-11-10-19(2)17-41(20)31/h19-21H,3-15,17-18,35H2,1-2H3/t19?,20-,21?/m1/s1. The number of nitrogen functional groups attached to an aromatic ring is 1. The van der Waals surface area contributed by atoms with E-state index in [1.807, 2.05) is 4.68 Å². The van der Waals surface area contributed by atoms with E-state index in [4.69, 9.17) is 30.1 Å². The number of hydrogen-bond donors (Lipinski definition) is 1. The van der Waals surface area contributed by atoms with E-state index >= 15 is 0 Å². The van der Waals surface area contributed by atoms with E-state index < -0.39 is 0 Å². The first-order valence-corrected chi connectivity index (χ1v) is 17.6. The number of rotatable bonds is 7. The number of aromatic nitrogens is 5. The summed E-state index contributed by atoms with van der Waals surface area (Å²) in [6.45, 7) is 9.94. The van der Waals surface area contributed by atoms with Crippen molar-refractivity contribution in [2.24, 2.45) is 5.92 Å². The van der Waals surface area contributed by atoms with E-state index in [1.54, 1.807) is 11.3 Å². The van der Waals surface area contributed by atoms with Crippen LogP contribution in [0, 0.1) is 17.2 Å². The Kier molecular flexibility index (Phi) is 7.41. The van der Waals surface area contributed by atoms with Gasteiger partial charge in [0.1, 0.15) is 34.6 Å². The van der Waals surface area contributed by atoms with E-state index in [-0.39, 0.29) is 12.0 Å². The number of anilines is 2. The summed E-state index contributed by atoms with van der Waals surface area (Å²) in [5, 5.41) is 21.2. The van der Waals surface area contributed by atoms with Gasteiger partial charge in [-0.1, -0.05) is 25.4 Å². The summed E-state index contributed by atoms with van der Waals surface area (Å²) in [7, 11) is 0. The van der Waals surface area contributed by atoms with Crippen LogP contribution in [-0.2, 0) is 19.4 Å². The molecule has 2 N–H and O–H groups in total. The first-order valence-electron chi connectivity index (χ1n) is 16.7. The van der Waals surface area contributed by atoms with Crippen LogP contribution in [0.5, 0.6) is 5.88 Å². The predicted octanol–water partition coefficient (Wildman–Crippen LogP) is 5.51. The van der Waals surface area contributed by atoms with Crippen molar-refractivity contribution < 1.29 is 9.26 Å². The molecule has 2 fully saturated rings. The van der Waals surface area contributed by atoms with Crippen LogP contribution in [0.1, 0.15) is 92.0 Å². The Morgan fingerprint density at radius 2 is 1.98 bits per heavy atom. The minimum absolute atomic E-state index is 0.0525. The summed E-state index contributed by atoms with van der Waals surface area (Å²) < 4.78 is 14.6. The number of nitriles is 1. The van der Waals surface area contributed by atoms with Gasteiger partial charge in [0.05, 0.1) is 18.2 Å². The van der Waals surface area contributed by atoms with Gasteiger partial charge in [0.25, 0.3) is 0 Å². The molecule has 0 amide bonds. The second kappa shape index (κ2) is 11.6. The number of thiophene rings is 1. The first-order chi connectivity index (χ1) is 22.0. The predicted molar refractivity (Wildman–Crippen MR) is 174 cm³/mol. The lowest BCUT2D eigenvalue weighted by Gasteiger charge is -2.38. The molecule has 4 aliphatic rings. The van der Waals surface area contributed by atoms with Crippen LogP contribution < -0.4 is 15.4 Å². The maximum atomic E-state index is 10.1. The summed E-state index contributed by atoms with van der Waals surface area (Å²) in [4.78, 5) is 16.6. The fraction of sp³-hybridized carbons (Fsp3) is 0.606. The highest BCUT2D eigenvalue weighted by atomic mass is 32.1. The smallest absolute Gasteiger partial charge is 0.246 e. The second-order valence-electron chi connectivity index (χ2n) is 13.3. The lowest BCUT2D eigenvalue weighted by molar-refractivity contribution is 0.240. The molecule has 2 unspecified atom stereocenters. The number of ether oxygens (including phenoxy) is 1. The Bertz CT molecular complexity index is 1780. The zero-order valence-corrected chi connectivity index (χ0v) is 27.0. The zero-order chi connectivity index (χ0) is 30.7. The number of fused-ring (bicyclic) bond motifs is 3. The normalized spacial score (nSPS) is 23.0. The van der Waals surface area contributed by atoms with Crippen LogP contribution in [0.25, 0.3) is 22.6 Å². The monoisotopic (exact) mass is 627 g/mol. The number of hydrogen-bond acceptors (Lipinski definition) is 11. The molecule has 0 saturated carbocycles. The van der Waals surface area contributed by atoms with Crippen LogP contribution in [0.4, 0.5) is 10.8 Å². The summed E-state index contributed by atoms with van der Waals surface area (Å²) in [6.07, 6.45) is 9.32. The molecule has 0 aromatic carbocycles. The molecule has 45 heavy (non-hydrogen) atoms. The maximum absolute atomic E-state index is 10.1. The third-order valence-electron chi connectivity index (χ3n) is 10.2. The van der Waals surface area contributed by atoms with Gasteiger partial charge < -0.3 is 24.8 Å². The van der Waals surface area contributed by atoms with Gasteiger partial charge in [-0.15, -0.1) is 16.4 Å². The number of aryl methyl sites for hydroxylation is 1. The molecule has 7 heterocycles. The zero-order valence-electron chi connectivity index (χ0n) is 26.2. The van der Waals surface area contributed by atoms with Crippen molar-refractivity contribution in [3.63, 3.8) is 0 Å². The van der Waals surface area contributed by atoms with Gasteiger partial charge >= 0.3 is 0 Å². The summed E-state index contributed by atoms with van der Waals surface area (Å²) in [5.41, 5.74) is 10.5. The Morgan fingerprint density at radius 3 is 2.80 bits per heavy atom. The minimum Gasteiger partial charge on any atom is -0.474 e. The molecular formula is C33H41N9O2S. The molecule has 0 radical (unpaired) electrons. The largest absolute Gasteiger partial charge is 0.474 e. The third-order valence-corrected chi connectivity index (χ3v) is 11.3. The van der Waals surface area contributed by atoms with E-state index in [9.17, 15) is 5.26 Å². The Balaban J connectivity index is 1.25. The summed E-state index contributed by atoms with van der Waals surface area (Å²) >= 11 is 1.54. The molecule has 2 saturated heterocycles. The van der Waals surface area contributed by atoms with Crippen molar-refractivity contribution in [3.05, 3.63) is 27.3 Å². The molecule has 4 aromatic heterocycles. The topological polar surface area (TPSA) is 135 Å². The van der Waals surface area contributed by atoms with Gasteiger partial charge in [0.15, 0.2) is 17.2 Å². The fourth-order valence-electron chi connectivity index (χ4n) is 7.96. The highest BCUT2D eigenvalue weighted by Gasteiger charge is 2.38. The Morgan fingerprint density at radius 1 is 1.11 bits per heavy atom. The number of nitrogens with two attached hydrogens (primary N) is 1. The number of piperidine rings is 1. The second-order valence-corrected chi connectivity index (χ2v) is 14.4. The van der Waals surface area contributed by atoms with Crippen molar-refractivity contribution in [1.82, 2.24) is 29.8 Å². The molecule has 12 heteroatoms. The van der Waals surface area contributed by atoms with Crippen LogP contribution in [0.15, 0.2) is 4.52 Å². The van der Waals surface area contributed by atoms with E-state index in [0.717, 1.165) is 105 Å². The Labute approximate surface area is 267 Å². The number of likely N-dealkylation sites (tertiary alicyclic amines) is 1. The van der Waals surface area contributed by atoms with Gasteiger partial charge in [-0.25, -0.2) is 14.6 Å². The van der Waals surface area contributed by atoms with Gasteiger partial charge in [-0.3, -0.25) is 0 Å². The fourth-order valence-corrected chi connectivity index (χ4v) is 9.15. The average Bonchev–Trinajstić information content (AvgIpc) is 3.83. The SMILES string of the molecule is CCCc1sc(N)c(C#N)c1C1CCCc2c(-c3nc4c5c(nn(CCN6CCCC6)c5n3)OC[C@H]3CCC(C)CN43)noc21. The molecule has 236 valence electrons. The molecule has 0 bridgehead atoms. The number of nitrogens with zero attached hydrogens (tertiary/aromatic N) is 8. The van der Waals surface area contributed by atoms with Crippen LogP contribution in [-0.4, -0.2) is 68.6 Å². The van der Waals surface area contributed by atoms with E-state index in [2.05, 4.69) is 34.9 Å². The summed E-state index contributed by atoms with van der Waals surface area (Å²) in [5.74, 6) is 3.46. The molecule has 3 atom stereocenters. The molecule has 4 aromatic rings. The molecule has 0 spiro atoms. The van der Waals surface area contributed by atoms with Crippen molar-refractivity contribution in [3.8, 4) is 23.5 Å². The lowest BCUT2D eigenvalue weighted by atomic mass is 9.81. The highest BCUT2D eigenvalue weighted by Crippen LogP contribution is 2.47. The lowest BCUT2D eigenvalue weighted by Crippen LogP contribution is -2.45. The average molecular weight is 628 g/mol. The van der Waals surface area contributed by atoms with Crippen molar-refractivity contribution in [2.45, 2.75) is 90.1 Å². The molecular weight excluding hydrogens is 586 g/mol. The quantitative estimate of drug-likeness (QED) is 0.279. The van der Waals surface area contributed by atoms with Crippen molar-refractivity contribution in [1.29, 1.82) is 5.26 Å². The first kappa shape index (κ1) is 28.8. The van der Waals surface area contributed by atoms with E-state index in [1.165, 1.54) is 24.1 Å². The third kappa shape index (κ3) is 4.86. The molecule has 1 aliphatic carbocycles. The van der Waals surface area contributed by atoms with Gasteiger partial charge in [-0.2, -0.15) is 5.26 Å². The van der Waals surface area contributed by atoms with Gasteiger partial charge in [0, 0.05) is 29.4 Å². The summed E-state index contributed by atoms with van der Waals surface area (Å²) in [6, 6.07) is 2.65. The Hall–Kier alpha value is -3.69. The van der Waals surface area contributed by atoms with Crippen molar-refractivity contribution in [2.75, 3.05) is 43.4 Å². The van der Waals surface area contributed by atoms with Gasteiger partial charge in [0.2, 0.25) is 5.88 Å². The van der Waals surface area contributed by atoms with Crippen LogP contribution in [0.3, 0.4) is 0 Å².